The molecule has 0 saturated carbocycles. The minimum atomic E-state index is -1.01. The fraction of sp³-hybridized carbons (Fsp3) is 0.258. The van der Waals surface area contributed by atoms with Crippen LogP contribution in [-0.4, -0.2) is 49.0 Å². The fourth-order valence-electron chi connectivity index (χ4n) is 4.35. The van der Waals surface area contributed by atoms with Crippen molar-refractivity contribution in [1.82, 2.24) is 32.0 Å². The Labute approximate surface area is 253 Å². The number of carbonyl (C=O) groups is 4. The van der Waals surface area contributed by atoms with Gasteiger partial charge in [0.25, 0.3) is 11.8 Å². The smallest absolute Gasteiger partial charge is 0.352 e. The normalized spacial score (nSPS) is 12.0. The molecule has 0 radical (unpaired) electrons. The van der Waals surface area contributed by atoms with Crippen molar-refractivity contribution in [2.24, 2.45) is 5.92 Å². The number of hydrazine groups is 2. The van der Waals surface area contributed by atoms with E-state index in [2.05, 4.69) is 32.0 Å². The van der Waals surface area contributed by atoms with Crippen molar-refractivity contribution >= 4 is 34.7 Å². The molecule has 2 heterocycles. The molecule has 0 bridgehead atoms. The number of amides is 5. The number of methoxy groups -OCH3 is 2. The van der Waals surface area contributed by atoms with Gasteiger partial charge in [0.15, 0.2) is 17.3 Å². The van der Waals surface area contributed by atoms with Gasteiger partial charge in [0.1, 0.15) is 11.6 Å². The highest BCUT2D eigenvalue weighted by Crippen LogP contribution is 2.33. The number of urea groups is 1. The van der Waals surface area contributed by atoms with Gasteiger partial charge in [-0.1, -0.05) is 44.5 Å². The van der Waals surface area contributed by atoms with Gasteiger partial charge >= 0.3 is 6.03 Å². The Morgan fingerprint density at radius 3 is 2.34 bits per heavy atom. The van der Waals surface area contributed by atoms with Crippen LogP contribution in [-0.2, 0) is 16.0 Å². The molecule has 4 rings (SSSR count). The van der Waals surface area contributed by atoms with Crippen molar-refractivity contribution in [1.29, 1.82) is 0 Å². The van der Waals surface area contributed by atoms with Crippen molar-refractivity contribution in [3.8, 4) is 22.8 Å². The van der Waals surface area contributed by atoms with Gasteiger partial charge in [-0.15, -0.1) is 0 Å². The number of hydrogen-bond acceptors (Lipinski definition) is 8. The van der Waals surface area contributed by atoms with Crippen LogP contribution in [0.4, 0.5) is 4.79 Å². The second kappa shape index (κ2) is 14.5. The van der Waals surface area contributed by atoms with Crippen molar-refractivity contribution in [2.45, 2.75) is 32.7 Å². The van der Waals surface area contributed by atoms with Crippen LogP contribution in [0.1, 0.15) is 36.4 Å². The number of benzene rings is 2. The highest BCUT2D eigenvalue weighted by atomic mass is 16.5. The summed E-state index contributed by atoms with van der Waals surface area (Å²) in [4.78, 5) is 55.0. The Bertz CT molecular complexity index is 1600. The van der Waals surface area contributed by atoms with Gasteiger partial charge < -0.3 is 19.2 Å². The SMILES string of the molecule is CCC(C)C(NC(=O)c1cc2cc(OC)c(OC)cc2o1)C(=O)NNC(=O)NNC(=O)Cc1cccc(-c2ccccn2)c1. The number of rotatable bonds is 10. The number of ether oxygens (including phenoxy) is 2. The molecule has 44 heavy (non-hydrogen) atoms. The van der Waals surface area contributed by atoms with E-state index in [0.717, 1.165) is 16.8 Å². The number of fused-ring (bicyclic) bond motifs is 1. The molecular formula is C31H34N6O7. The molecule has 0 aliphatic carbocycles. The van der Waals surface area contributed by atoms with Crippen molar-refractivity contribution in [3.63, 3.8) is 0 Å². The first-order valence-electron chi connectivity index (χ1n) is 13.8. The predicted octanol–water partition coefficient (Wildman–Crippen LogP) is 3.26. The van der Waals surface area contributed by atoms with E-state index < -0.39 is 29.8 Å². The number of pyridine rings is 1. The van der Waals surface area contributed by atoms with Gasteiger partial charge in [0, 0.05) is 23.2 Å². The van der Waals surface area contributed by atoms with E-state index in [0.29, 0.717) is 28.9 Å². The molecule has 0 aliphatic heterocycles. The van der Waals surface area contributed by atoms with Gasteiger partial charge in [-0.25, -0.2) is 15.6 Å². The summed E-state index contributed by atoms with van der Waals surface area (Å²) in [6.07, 6.45) is 2.24. The fourth-order valence-corrected chi connectivity index (χ4v) is 4.35. The summed E-state index contributed by atoms with van der Waals surface area (Å²) in [7, 11) is 2.99. The third-order valence-corrected chi connectivity index (χ3v) is 6.90. The lowest BCUT2D eigenvalue weighted by Crippen LogP contribution is -2.58. The summed E-state index contributed by atoms with van der Waals surface area (Å²) >= 11 is 0. The van der Waals surface area contributed by atoms with Crippen LogP contribution in [0.15, 0.2) is 71.3 Å². The molecule has 0 spiro atoms. The maximum absolute atomic E-state index is 13.0. The number of nitrogens with zero attached hydrogens (tertiary/aromatic N) is 1. The summed E-state index contributed by atoms with van der Waals surface area (Å²) in [6, 6.07) is 15.8. The summed E-state index contributed by atoms with van der Waals surface area (Å²) < 4.78 is 16.3. The molecule has 4 aromatic rings. The third kappa shape index (κ3) is 7.82. The summed E-state index contributed by atoms with van der Waals surface area (Å²) in [6.45, 7) is 3.64. The average Bonchev–Trinajstić information content (AvgIpc) is 3.47. The Hall–Kier alpha value is -5.59. The van der Waals surface area contributed by atoms with Crippen LogP contribution in [0.25, 0.3) is 22.2 Å². The molecule has 13 nitrogen and oxygen atoms in total. The zero-order chi connectivity index (χ0) is 31.6. The first-order chi connectivity index (χ1) is 21.2. The van der Waals surface area contributed by atoms with Crippen molar-refractivity contribution in [2.75, 3.05) is 14.2 Å². The molecule has 0 saturated heterocycles. The summed E-state index contributed by atoms with van der Waals surface area (Å²) in [5.41, 5.74) is 11.7. The molecule has 5 amide bonds. The molecule has 0 fully saturated rings. The monoisotopic (exact) mass is 602 g/mol. The van der Waals surface area contributed by atoms with Crippen LogP contribution in [0.2, 0.25) is 0 Å². The Morgan fingerprint density at radius 2 is 1.64 bits per heavy atom. The molecule has 13 heteroatoms. The maximum Gasteiger partial charge on any atom is 0.352 e. The van der Waals surface area contributed by atoms with Gasteiger partial charge in [-0.05, 0) is 41.8 Å². The Balaban J connectivity index is 1.29. The second-order valence-corrected chi connectivity index (χ2v) is 9.90. The summed E-state index contributed by atoms with van der Waals surface area (Å²) in [5.74, 6) is -1.17. The van der Waals surface area contributed by atoms with E-state index >= 15 is 0 Å². The third-order valence-electron chi connectivity index (χ3n) is 6.90. The number of carbonyl (C=O) groups excluding carboxylic acids is 4. The zero-order valence-corrected chi connectivity index (χ0v) is 24.7. The van der Waals surface area contributed by atoms with Crippen LogP contribution in [0.3, 0.4) is 0 Å². The number of nitrogens with one attached hydrogen (secondary N) is 5. The molecule has 2 atom stereocenters. The van der Waals surface area contributed by atoms with E-state index in [9.17, 15) is 19.2 Å². The van der Waals surface area contributed by atoms with Crippen molar-refractivity contribution in [3.05, 3.63) is 78.2 Å². The number of furan rings is 1. The lowest BCUT2D eigenvalue weighted by atomic mass is 9.98. The molecule has 0 aliphatic rings. The minimum Gasteiger partial charge on any atom is -0.493 e. The van der Waals surface area contributed by atoms with Gasteiger partial charge in [-0.3, -0.25) is 30.2 Å². The van der Waals surface area contributed by atoms with Gasteiger partial charge in [-0.2, -0.15) is 0 Å². The molecule has 230 valence electrons. The first-order valence-corrected chi connectivity index (χ1v) is 13.8. The molecule has 2 unspecified atom stereocenters. The molecule has 2 aromatic heterocycles. The van der Waals surface area contributed by atoms with Crippen LogP contribution >= 0.6 is 0 Å². The second-order valence-electron chi connectivity index (χ2n) is 9.90. The lowest BCUT2D eigenvalue weighted by Gasteiger charge is -2.23. The van der Waals surface area contributed by atoms with E-state index in [1.165, 1.54) is 20.3 Å². The van der Waals surface area contributed by atoms with E-state index in [1.807, 2.05) is 43.3 Å². The van der Waals surface area contributed by atoms with E-state index in [4.69, 9.17) is 13.9 Å². The highest BCUT2D eigenvalue weighted by molar-refractivity contribution is 5.99. The Morgan fingerprint density at radius 1 is 0.886 bits per heavy atom. The molecule has 2 aromatic carbocycles. The quantitative estimate of drug-likeness (QED) is 0.172. The number of aromatic nitrogens is 1. The Kier molecular flexibility index (Phi) is 10.4. The lowest BCUT2D eigenvalue weighted by molar-refractivity contribution is -0.124. The largest absolute Gasteiger partial charge is 0.493 e. The van der Waals surface area contributed by atoms with E-state index in [-0.39, 0.29) is 18.1 Å². The zero-order valence-electron chi connectivity index (χ0n) is 24.7. The van der Waals surface area contributed by atoms with Crippen LogP contribution in [0, 0.1) is 5.92 Å². The maximum atomic E-state index is 13.0. The van der Waals surface area contributed by atoms with Crippen LogP contribution in [0.5, 0.6) is 11.5 Å². The first kappa shape index (κ1) is 31.3. The minimum absolute atomic E-state index is 0.00319. The van der Waals surface area contributed by atoms with E-state index in [1.54, 1.807) is 31.3 Å². The van der Waals surface area contributed by atoms with Gasteiger partial charge in [0.05, 0.1) is 26.3 Å². The topological polar surface area (TPSA) is 173 Å². The molecule has 5 N–H and O–H groups in total. The standard InChI is InChI=1S/C31H34N6O7/c1-5-18(2)28(33-29(39)26-16-21-15-24(42-3)25(43-4)17-23(21)44-26)30(40)35-37-31(41)36-34-27(38)14-19-9-8-10-20(13-19)22-11-6-7-12-32-22/h6-13,15-18,28H,5,14H2,1-4H3,(H,33,39)(H,34,38)(H,35,40)(H2,36,37,41). The van der Waals surface area contributed by atoms with Gasteiger partial charge in [0.2, 0.25) is 5.91 Å². The molecular weight excluding hydrogens is 568 g/mol. The van der Waals surface area contributed by atoms with Crippen molar-refractivity contribution < 1.29 is 33.1 Å². The highest BCUT2D eigenvalue weighted by Gasteiger charge is 2.28. The summed E-state index contributed by atoms with van der Waals surface area (Å²) in [5, 5.41) is 3.28. The average molecular weight is 603 g/mol. The predicted molar refractivity (Wildman–Crippen MR) is 161 cm³/mol. The number of hydrogen-bond donors (Lipinski definition) is 5. The van der Waals surface area contributed by atoms with Crippen LogP contribution < -0.4 is 36.5 Å².